The molecule has 36 heavy (non-hydrogen) atoms. The van der Waals surface area contributed by atoms with Crippen molar-refractivity contribution in [3.8, 4) is 17.1 Å². The van der Waals surface area contributed by atoms with Crippen LogP contribution in [0.15, 0.2) is 113 Å². The van der Waals surface area contributed by atoms with Gasteiger partial charge in [-0.2, -0.15) is 9.78 Å². The average molecular weight is 476 g/mol. The number of aromatic nitrogens is 2. The zero-order valence-electron chi connectivity index (χ0n) is 19.1. The molecule has 0 radical (unpaired) electrons. The molecule has 0 aliphatic heterocycles. The van der Waals surface area contributed by atoms with Gasteiger partial charge < -0.3 is 9.84 Å². The van der Waals surface area contributed by atoms with E-state index >= 15 is 0 Å². The summed E-state index contributed by atoms with van der Waals surface area (Å²) >= 11 is 0. The van der Waals surface area contributed by atoms with Gasteiger partial charge in [-0.3, -0.25) is 4.79 Å². The van der Waals surface area contributed by atoms with Crippen molar-refractivity contribution in [1.82, 2.24) is 9.66 Å². The van der Waals surface area contributed by atoms with E-state index in [0.717, 1.165) is 16.7 Å². The Hall–Kier alpha value is -5.04. The molecule has 0 atom stereocenters. The predicted molar refractivity (Wildman–Crippen MR) is 139 cm³/mol. The van der Waals surface area contributed by atoms with Gasteiger partial charge in [-0.25, -0.2) is 9.78 Å². The first kappa shape index (κ1) is 22.7. The van der Waals surface area contributed by atoms with Crippen LogP contribution in [0.5, 0.6) is 5.75 Å². The number of carbonyl (C=O) groups is 1. The summed E-state index contributed by atoms with van der Waals surface area (Å²) in [6.45, 7) is 0.311. The summed E-state index contributed by atoms with van der Waals surface area (Å²) in [4.78, 5) is 28.9. The number of fused-ring (bicyclic) bond motifs is 1. The molecule has 0 unspecified atom stereocenters. The molecule has 0 saturated carbocycles. The highest BCUT2D eigenvalue weighted by Crippen LogP contribution is 2.19. The van der Waals surface area contributed by atoms with Crippen LogP contribution in [0.25, 0.3) is 22.3 Å². The molecule has 4 aromatic carbocycles. The lowest BCUT2D eigenvalue weighted by Crippen LogP contribution is -2.20. The lowest BCUT2D eigenvalue weighted by Gasteiger charge is -2.09. The summed E-state index contributed by atoms with van der Waals surface area (Å²) in [7, 11) is 0. The predicted octanol–water partition coefficient (Wildman–Crippen LogP) is 5.22. The smallest absolute Gasteiger partial charge is 0.335 e. The van der Waals surface area contributed by atoms with Gasteiger partial charge in [0.2, 0.25) is 0 Å². The molecule has 1 N–H and O–H groups in total. The van der Waals surface area contributed by atoms with Gasteiger partial charge in [0.15, 0.2) is 5.82 Å². The third-order valence-corrected chi connectivity index (χ3v) is 5.59. The van der Waals surface area contributed by atoms with Crippen molar-refractivity contribution < 1.29 is 14.6 Å². The first-order chi connectivity index (χ1) is 17.6. The zero-order valence-corrected chi connectivity index (χ0v) is 19.1. The monoisotopic (exact) mass is 475 g/mol. The van der Waals surface area contributed by atoms with E-state index in [0.29, 0.717) is 29.1 Å². The van der Waals surface area contributed by atoms with Crippen LogP contribution in [-0.4, -0.2) is 27.0 Å². The second-order valence-corrected chi connectivity index (χ2v) is 8.04. The summed E-state index contributed by atoms with van der Waals surface area (Å²) in [6.07, 6.45) is 1.61. The van der Waals surface area contributed by atoms with Gasteiger partial charge in [0.25, 0.3) is 5.56 Å². The first-order valence-corrected chi connectivity index (χ1v) is 11.3. The van der Waals surface area contributed by atoms with E-state index in [2.05, 4.69) is 5.10 Å². The Bertz CT molecular complexity index is 1610. The molecule has 0 aliphatic rings. The number of nitrogens with zero attached hydrogens (tertiary/aromatic N) is 3. The minimum absolute atomic E-state index is 0.235. The van der Waals surface area contributed by atoms with Gasteiger partial charge in [-0.05, 0) is 59.7 Å². The van der Waals surface area contributed by atoms with Crippen LogP contribution in [-0.2, 0) is 6.61 Å². The number of hydrogen-bond acceptors (Lipinski definition) is 5. The molecule has 1 heterocycles. The fourth-order valence-electron chi connectivity index (χ4n) is 3.69. The summed E-state index contributed by atoms with van der Waals surface area (Å²) in [5.41, 5.74) is 3.04. The standard InChI is InChI=1S/C29H21N3O4/c33-28-25-8-4-5-9-26(25)31-27(22-6-2-1-3-7-22)32(28)30-18-20-12-16-24(17-13-20)36-19-21-10-14-23(15-11-21)29(34)35/h1-18H,19H2,(H,34,35). The van der Waals surface area contributed by atoms with Crippen LogP contribution in [0.1, 0.15) is 21.5 Å². The quantitative estimate of drug-likeness (QED) is 0.326. The van der Waals surface area contributed by atoms with Gasteiger partial charge in [-0.15, -0.1) is 0 Å². The molecule has 1 aromatic heterocycles. The van der Waals surface area contributed by atoms with Gasteiger partial charge in [0, 0.05) is 5.56 Å². The normalized spacial score (nSPS) is 11.1. The van der Waals surface area contributed by atoms with Crippen LogP contribution in [0, 0.1) is 0 Å². The number of para-hydroxylation sites is 1. The molecule has 0 bridgehead atoms. The highest BCUT2D eigenvalue weighted by molar-refractivity contribution is 5.87. The van der Waals surface area contributed by atoms with Crippen molar-refractivity contribution in [3.63, 3.8) is 0 Å². The topological polar surface area (TPSA) is 93.8 Å². The number of ether oxygens (including phenoxy) is 1. The van der Waals surface area contributed by atoms with Crippen molar-refractivity contribution >= 4 is 23.1 Å². The Morgan fingerprint density at radius 1 is 0.889 bits per heavy atom. The molecule has 0 fully saturated rings. The number of hydrogen-bond donors (Lipinski definition) is 1. The van der Waals surface area contributed by atoms with Crippen molar-refractivity contribution in [2.45, 2.75) is 6.61 Å². The lowest BCUT2D eigenvalue weighted by molar-refractivity contribution is 0.0697. The Kier molecular flexibility index (Phi) is 6.36. The maximum absolute atomic E-state index is 13.2. The maximum atomic E-state index is 13.2. The van der Waals surface area contributed by atoms with E-state index in [-0.39, 0.29) is 11.1 Å². The molecule has 7 heteroatoms. The molecule has 0 spiro atoms. The number of carboxylic acids is 1. The maximum Gasteiger partial charge on any atom is 0.335 e. The Labute approximate surface area is 206 Å². The van der Waals surface area contributed by atoms with Gasteiger partial charge in [-0.1, -0.05) is 54.6 Å². The Morgan fingerprint density at radius 3 is 2.31 bits per heavy atom. The summed E-state index contributed by atoms with van der Waals surface area (Å²) < 4.78 is 7.12. The SMILES string of the molecule is O=C(O)c1ccc(COc2ccc(C=Nn3c(-c4ccccc4)nc4ccccc4c3=O)cc2)cc1. The summed E-state index contributed by atoms with van der Waals surface area (Å²) in [5, 5.41) is 14.0. The largest absolute Gasteiger partial charge is 0.489 e. The number of carboxylic acid groups (broad SMARTS) is 1. The van der Waals surface area contributed by atoms with Crippen molar-refractivity contribution in [2.24, 2.45) is 5.10 Å². The van der Waals surface area contributed by atoms with Crippen LogP contribution in [0.3, 0.4) is 0 Å². The number of benzene rings is 4. The van der Waals surface area contributed by atoms with E-state index in [1.807, 2.05) is 66.7 Å². The van der Waals surface area contributed by atoms with Crippen molar-refractivity contribution in [3.05, 3.63) is 130 Å². The number of aromatic carboxylic acids is 1. The summed E-state index contributed by atoms with van der Waals surface area (Å²) in [5.74, 6) is 0.158. The second-order valence-electron chi connectivity index (χ2n) is 8.04. The van der Waals surface area contributed by atoms with Crippen LogP contribution in [0.2, 0.25) is 0 Å². The molecule has 0 aliphatic carbocycles. The lowest BCUT2D eigenvalue weighted by atomic mass is 10.1. The zero-order chi connectivity index (χ0) is 24.9. The number of rotatable bonds is 7. The molecule has 5 aromatic rings. The van der Waals surface area contributed by atoms with Gasteiger partial charge in [0.1, 0.15) is 12.4 Å². The second kappa shape index (κ2) is 10.1. The first-order valence-electron chi connectivity index (χ1n) is 11.3. The van der Waals surface area contributed by atoms with Crippen molar-refractivity contribution in [1.29, 1.82) is 0 Å². The molecule has 0 amide bonds. The van der Waals surface area contributed by atoms with Crippen molar-refractivity contribution in [2.75, 3.05) is 0 Å². The molecule has 0 saturated heterocycles. The Balaban J connectivity index is 1.37. The molecule has 7 nitrogen and oxygen atoms in total. The minimum Gasteiger partial charge on any atom is -0.489 e. The molecular weight excluding hydrogens is 454 g/mol. The summed E-state index contributed by atoms with van der Waals surface area (Å²) in [6, 6.07) is 30.6. The fraction of sp³-hybridized carbons (Fsp3) is 0.0345. The van der Waals surface area contributed by atoms with Crippen LogP contribution in [0.4, 0.5) is 0 Å². The van der Waals surface area contributed by atoms with E-state index in [4.69, 9.17) is 14.8 Å². The third kappa shape index (κ3) is 4.90. The van der Waals surface area contributed by atoms with E-state index in [1.165, 1.54) is 4.68 Å². The van der Waals surface area contributed by atoms with Crippen LogP contribution < -0.4 is 10.3 Å². The highest BCUT2D eigenvalue weighted by Gasteiger charge is 2.12. The third-order valence-electron chi connectivity index (χ3n) is 5.59. The molecule has 176 valence electrons. The van der Waals surface area contributed by atoms with E-state index in [1.54, 1.807) is 42.6 Å². The van der Waals surface area contributed by atoms with Gasteiger partial charge in [0.05, 0.1) is 22.7 Å². The molecule has 5 rings (SSSR count). The fourth-order valence-corrected chi connectivity index (χ4v) is 3.69. The highest BCUT2D eigenvalue weighted by atomic mass is 16.5. The van der Waals surface area contributed by atoms with Crippen LogP contribution >= 0.6 is 0 Å². The van der Waals surface area contributed by atoms with E-state index in [9.17, 15) is 9.59 Å². The van der Waals surface area contributed by atoms with Gasteiger partial charge >= 0.3 is 5.97 Å². The average Bonchev–Trinajstić information content (AvgIpc) is 2.92. The molecular formula is C29H21N3O4. The minimum atomic E-state index is -0.961. The van der Waals surface area contributed by atoms with E-state index < -0.39 is 5.97 Å². The Morgan fingerprint density at radius 2 is 1.58 bits per heavy atom.